The number of benzene rings is 2. The fraction of sp³-hybridized carbons (Fsp3) is 0.211. The highest BCUT2D eigenvalue weighted by Crippen LogP contribution is 2.15. The Morgan fingerprint density at radius 1 is 1.26 bits per heavy atom. The summed E-state index contributed by atoms with van der Waals surface area (Å²) in [6.07, 6.45) is 0. The zero-order valence-corrected chi connectivity index (χ0v) is 15.8. The van der Waals surface area contributed by atoms with Crippen molar-refractivity contribution in [1.29, 1.82) is 0 Å². The van der Waals surface area contributed by atoms with Crippen LogP contribution in [0.5, 0.6) is 5.75 Å². The number of nitrogens with one attached hydrogen (secondary N) is 3. The van der Waals surface area contributed by atoms with Crippen LogP contribution in [-0.4, -0.2) is 36.6 Å². The number of amides is 1. The maximum absolute atomic E-state index is 12.2. The third-order valence-corrected chi connectivity index (χ3v) is 4.26. The number of methoxy groups -OCH3 is 1. The van der Waals surface area contributed by atoms with Gasteiger partial charge in [-0.2, -0.15) is 0 Å². The molecule has 0 spiro atoms. The molecule has 8 heteroatoms. The molecule has 0 radical (unpaired) electrons. The smallest absolute Gasteiger partial charge is 0.279 e. The maximum atomic E-state index is 12.2. The second kappa shape index (κ2) is 8.20. The van der Waals surface area contributed by atoms with Crippen molar-refractivity contribution >= 4 is 34.1 Å². The molecule has 140 valence electrons. The number of rotatable bonds is 6. The van der Waals surface area contributed by atoms with E-state index >= 15 is 0 Å². The van der Waals surface area contributed by atoms with Gasteiger partial charge in [0, 0.05) is 10.7 Å². The number of aromatic nitrogens is 2. The van der Waals surface area contributed by atoms with Crippen LogP contribution >= 0.6 is 11.6 Å². The first kappa shape index (κ1) is 18.9. The monoisotopic (exact) mass is 387 g/mol. The highest BCUT2D eigenvalue weighted by atomic mass is 35.5. The van der Waals surface area contributed by atoms with Gasteiger partial charge in [-0.15, -0.1) is 0 Å². The number of halogens is 1. The van der Waals surface area contributed by atoms with Gasteiger partial charge >= 0.3 is 0 Å². The molecule has 3 N–H and O–H groups in total. The Bertz CT molecular complexity index is 1020. The van der Waals surface area contributed by atoms with Crippen molar-refractivity contribution in [2.75, 3.05) is 26.0 Å². The van der Waals surface area contributed by atoms with Crippen molar-refractivity contribution in [3.8, 4) is 5.75 Å². The van der Waals surface area contributed by atoms with Gasteiger partial charge in [-0.05, 0) is 42.5 Å². The van der Waals surface area contributed by atoms with E-state index in [2.05, 4.69) is 15.3 Å². The molecule has 1 amide bonds. The number of ether oxygens (including phenoxy) is 1. The quantitative estimate of drug-likeness (QED) is 0.593. The first-order chi connectivity index (χ1) is 12.9. The molecule has 0 bridgehead atoms. The van der Waals surface area contributed by atoms with Gasteiger partial charge in [0.15, 0.2) is 12.4 Å². The highest BCUT2D eigenvalue weighted by Gasteiger charge is 2.13. The van der Waals surface area contributed by atoms with Crippen LogP contribution in [-0.2, 0) is 11.3 Å². The zero-order chi connectivity index (χ0) is 19.4. The number of anilines is 1. The summed E-state index contributed by atoms with van der Waals surface area (Å²) in [5, 5.41) is 3.84. The minimum absolute atomic E-state index is 0.135. The van der Waals surface area contributed by atoms with Gasteiger partial charge in [0.05, 0.1) is 25.1 Å². The summed E-state index contributed by atoms with van der Waals surface area (Å²) in [4.78, 5) is 32.5. The minimum Gasteiger partial charge on any atom is -0.497 e. The standard InChI is InChI=1S/C19H19ClN4O3/c1-24(11-18(25)21-13-4-6-14(27-2)7-5-13)10-17-22-16-9-12(20)3-8-15(16)19(26)23-17/h3-9H,10-11H2,1-2H3,(H,21,25)(H,22,23,26)/p+1. The molecule has 1 aromatic heterocycles. The van der Waals surface area contributed by atoms with E-state index in [1.165, 1.54) is 0 Å². The van der Waals surface area contributed by atoms with E-state index < -0.39 is 0 Å². The second-order valence-electron chi connectivity index (χ2n) is 6.26. The number of quaternary nitrogens is 1. The van der Waals surface area contributed by atoms with E-state index in [4.69, 9.17) is 16.3 Å². The van der Waals surface area contributed by atoms with Gasteiger partial charge in [0.1, 0.15) is 12.3 Å². The first-order valence-corrected chi connectivity index (χ1v) is 8.76. The van der Waals surface area contributed by atoms with Gasteiger partial charge in [-0.3, -0.25) is 9.59 Å². The van der Waals surface area contributed by atoms with Crippen LogP contribution < -0.4 is 20.5 Å². The van der Waals surface area contributed by atoms with E-state index in [1.807, 2.05) is 7.05 Å². The molecule has 0 aliphatic rings. The van der Waals surface area contributed by atoms with Crippen molar-refractivity contribution in [1.82, 2.24) is 9.97 Å². The molecule has 7 nitrogen and oxygen atoms in total. The maximum Gasteiger partial charge on any atom is 0.279 e. The summed E-state index contributed by atoms with van der Waals surface area (Å²) in [6, 6.07) is 12.1. The zero-order valence-electron chi connectivity index (χ0n) is 15.0. The molecular weight excluding hydrogens is 368 g/mol. The molecule has 3 aromatic rings. The summed E-state index contributed by atoms with van der Waals surface area (Å²) in [6.45, 7) is 0.622. The van der Waals surface area contributed by atoms with Crippen molar-refractivity contribution in [3.05, 3.63) is 63.7 Å². The molecule has 2 aromatic carbocycles. The molecule has 3 rings (SSSR count). The van der Waals surface area contributed by atoms with Gasteiger partial charge in [0.25, 0.3) is 11.5 Å². The third-order valence-electron chi connectivity index (χ3n) is 4.02. The number of carbonyl (C=O) groups is 1. The van der Waals surface area contributed by atoms with Gasteiger partial charge in [0.2, 0.25) is 0 Å². The Hall–Kier alpha value is -2.90. The van der Waals surface area contributed by atoms with Crippen molar-refractivity contribution in [3.63, 3.8) is 0 Å². The van der Waals surface area contributed by atoms with E-state index in [-0.39, 0.29) is 18.0 Å². The van der Waals surface area contributed by atoms with Crippen LogP contribution in [0.1, 0.15) is 5.82 Å². The first-order valence-electron chi connectivity index (χ1n) is 8.38. The molecule has 1 atom stereocenters. The topological polar surface area (TPSA) is 88.5 Å². The number of fused-ring (bicyclic) bond motifs is 1. The van der Waals surface area contributed by atoms with Crippen LogP contribution in [0.15, 0.2) is 47.3 Å². The Labute approximate surface area is 160 Å². The molecule has 1 unspecified atom stereocenters. The largest absolute Gasteiger partial charge is 0.497 e. The van der Waals surface area contributed by atoms with Gasteiger partial charge in [-0.25, -0.2) is 4.98 Å². The number of hydrogen-bond acceptors (Lipinski definition) is 4. The molecular formula is C19H20ClN4O3+. The summed E-state index contributed by atoms with van der Waals surface area (Å²) in [5.74, 6) is 1.09. The molecule has 1 heterocycles. The van der Waals surface area contributed by atoms with Gasteiger partial charge in [-0.1, -0.05) is 11.6 Å². The molecule has 27 heavy (non-hydrogen) atoms. The van der Waals surface area contributed by atoms with Crippen LogP contribution in [0.2, 0.25) is 5.02 Å². The Kier molecular flexibility index (Phi) is 5.73. The molecule has 0 aliphatic carbocycles. The molecule has 0 fully saturated rings. The number of carbonyl (C=O) groups excluding carboxylic acids is 1. The van der Waals surface area contributed by atoms with E-state index in [0.29, 0.717) is 34.0 Å². The lowest BCUT2D eigenvalue weighted by molar-refractivity contribution is -0.885. The average molecular weight is 388 g/mol. The predicted octanol–water partition coefficient (Wildman–Crippen LogP) is 1.24. The SMILES string of the molecule is COc1ccc(NC(=O)C[NH+](C)Cc2nc3cc(Cl)ccc3c(=O)[nH]2)cc1. The summed E-state index contributed by atoms with van der Waals surface area (Å²) in [5.41, 5.74) is 1.01. The fourth-order valence-electron chi connectivity index (χ4n) is 2.75. The number of aromatic amines is 1. The summed E-state index contributed by atoms with van der Waals surface area (Å²) >= 11 is 5.98. The normalized spacial score (nSPS) is 12.0. The van der Waals surface area contributed by atoms with Gasteiger partial charge < -0.3 is 19.9 Å². The highest BCUT2D eigenvalue weighted by molar-refractivity contribution is 6.31. The van der Waals surface area contributed by atoms with Crippen LogP contribution in [0, 0.1) is 0 Å². The van der Waals surface area contributed by atoms with E-state index in [0.717, 1.165) is 10.6 Å². The lowest BCUT2D eigenvalue weighted by Gasteiger charge is -2.13. The number of H-pyrrole nitrogens is 1. The lowest BCUT2D eigenvalue weighted by atomic mass is 10.2. The summed E-state index contributed by atoms with van der Waals surface area (Å²) < 4.78 is 5.09. The van der Waals surface area contributed by atoms with Crippen molar-refractivity contribution in [2.24, 2.45) is 0 Å². The van der Waals surface area contributed by atoms with E-state index in [1.54, 1.807) is 49.6 Å². The van der Waals surface area contributed by atoms with Crippen LogP contribution in [0.4, 0.5) is 5.69 Å². The summed E-state index contributed by atoms with van der Waals surface area (Å²) in [7, 11) is 3.45. The molecule has 0 aliphatic heterocycles. The Morgan fingerprint density at radius 2 is 2.00 bits per heavy atom. The van der Waals surface area contributed by atoms with Crippen LogP contribution in [0.25, 0.3) is 10.9 Å². The number of hydrogen-bond donors (Lipinski definition) is 3. The number of likely N-dealkylation sites (N-methyl/N-ethyl adjacent to an activating group) is 1. The lowest BCUT2D eigenvalue weighted by Crippen LogP contribution is -3.08. The number of nitrogens with zero attached hydrogens (tertiary/aromatic N) is 1. The second-order valence-corrected chi connectivity index (χ2v) is 6.70. The molecule has 0 saturated heterocycles. The fourth-order valence-corrected chi connectivity index (χ4v) is 2.91. The Balaban J connectivity index is 1.64. The average Bonchev–Trinajstić information content (AvgIpc) is 2.61. The van der Waals surface area contributed by atoms with Crippen LogP contribution in [0.3, 0.4) is 0 Å². The third kappa shape index (κ3) is 4.84. The Morgan fingerprint density at radius 3 is 2.70 bits per heavy atom. The van der Waals surface area contributed by atoms with E-state index in [9.17, 15) is 9.59 Å². The predicted molar refractivity (Wildman–Crippen MR) is 104 cm³/mol. The van der Waals surface area contributed by atoms with Crippen molar-refractivity contribution in [2.45, 2.75) is 6.54 Å². The molecule has 0 saturated carbocycles. The minimum atomic E-state index is -0.220. The van der Waals surface area contributed by atoms with Crippen molar-refractivity contribution < 1.29 is 14.4 Å².